The standard InChI is InChI=1S/C24H40N2/c1-6-7-8-9-10-11-17-26(5)18-13-16-24(20-25,21(2)3)23-15-12-14-22(4)19-23/h12,14-15,19,21H,6-11,13,16-18H2,1-5H3. The summed E-state index contributed by atoms with van der Waals surface area (Å²) in [7, 11) is 2.22. The van der Waals surface area contributed by atoms with Crippen molar-refractivity contribution in [1.82, 2.24) is 4.90 Å². The van der Waals surface area contributed by atoms with Gasteiger partial charge in [-0.25, -0.2) is 0 Å². The second kappa shape index (κ2) is 12.1. The highest BCUT2D eigenvalue weighted by Crippen LogP contribution is 2.36. The van der Waals surface area contributed by atoms with E-state index in [0.717, 1.165) is 19.4 Å². The molecule has 1 unspecified atom stereocenters. The third kappa shape index (κ3) is 7.12. The van der Waals surface area contributed by atoms with E-state index in [-0.39, 0.29) is 5.41 Å². The molecule has 0 aliphatic rings. The van der Waals surface area contributed by atoms with Gasteiger partial charge >= 0.3 is 0 Å². The van der Waals surface area contributed by atoms with Crippen molar-refractivity contribution in [3.05, 3.63) is 35.4 Å². The SMILES string of the molecule is CCCCCCCCN(C)CCCC(C#N)(c1cccc(C)c1)C(C)C. The summed E-state index contributed by atoms with van der Waals surface area (Å²) < 4.78 is 0. The minimum Gasteiger partial charge on any atom is -0.306 e. The lowest BCUT2D eigenvalue weighted by Crippen LogP contribution is -2.32. The topological polar surface area (TPSA) is 27.0 Å². The number of hydrogen-bond acceptors (Lipinski definition) is 2. The maximum atomic E-state index is 10.0. The van der Waals surface area contributed by atoms with Crippen LogP contribution in [0.25, 0.3) is 0 Å². The van der Waals surface area contributed by atoms with Gasteiger partial charge in [0.15, 0.2) is 0 Å². The van der Waals surface area contributed by atoms with Crippen molar-refractivity contribution in [3.8, 4) is 6.07 Å². The molecule has 0 spiro atoms. The smallest absolute Gasteiger partial charge is 0.0845 e. The van der Waals surface area contributed by atoms with Crippen LogP contribution >= 0.6 is 0 Å². The van der Waals surface area contributed by atoms with E-state index in [1.807, 2.05) is 0 Å². The maximum absolute atomic E-state index is 10.0. The van der Waals surface area contributed by atoms with Crippen LogP contribution in [0, 0.1) is 24.2 Å². The number of nitriles is 1. The van der Waals surface area contributed by atoms with Gasteiger partial charge in [0.2, 0.25) is 0 Å². The minimum atomic E-state index is -0.368. The summed E-state index contributed by atoms with van der Waals surface area (Å²) >= 11 is 0. The van der Waals surface area contributed by atoms with Gasteiger partial charge in [-0.15, -0.1) is 0 Å². The van der Waals surface area contributed by atoms with Crippen LogP contribution in [0.3, 0.4) is 0 Å². The molecule has 1 aromatic carbocycles. The Bertz CT molecular complexity index is 543. The minimum absolute atomic E-state index is 0.318. The Balaban J connectivity index is 2.49. The van der Waals surface area contributed by atoms with Gasteiger partial charge in [-0.2, -0.15) is 5.26 Å². The van der Waals surface area contributed by atoms with E-state index in [1.54, 1.807) is 0 Å². The van der Waals surface area contributed by atoms with E-state index < -0.39 is 0 Å². The molecule has 0 radical (unpaired) electrons. The lowest BCUT2D eigenvalue weighted by Gasteiger charge is -2.32. The van der Waals surface area contributed by atoms with E-state index in [4.69, 9.17) is 0 Å². The molecule has 0 aliphatic carbocycles. The summed E-state index contributed by atoms with van der Waals surface area (Å²) in [6.45, 7) is 11.0. The summed E-state index contributed by atoms with van der Waals surface area (Å²) in [5, 5.41) is 10.0. The average molecular weight is 357 g/mol. The molecule has 0 bridgehead atoms. The van der Waals surface area contributed by atoms with Crippen LogP contribution in [-0.2, 0) is 5.41 Å². The first kappa shape index (κ1) is 22.7. The highest BCUT2D eigenvalue weighted by Gasteiger charge is 2.35. The molecule has 0 amide bonds. The molecular weight excluding hydrogens is 316 g/mol. The number of benzene rings is 1. The number of aryl methyl sites for hydroxylation is 1. The third-order valence-corrected chi connectivity index (χ3v) is 5.72. The zero-order chi connectivity index (χ0) is 19.4. The fourth-order valence-corrected chi connectivity index (χ4v) is 3.84. The zero-order valence-electron chi connectivity index (χ0n) is 17.9. The molecule has 146 valence electrons. The van der Waals surface area contributed by atoms with Gasteiger partial charge in [-0.05, 0) is 57.8 Å². The van der Waals surface area contributed by atoms with Gasteiger partial charge in [0.25, 0.3) is 0 Å². The molecular formula is C24H40N2. The van der Waals surface area contributed by atoms with Crippen LogP contribution in [0.4, 0.5) is 0 Å². The molecule has 1 aromatic rings. The molecule has 1 rings (SSSR count). The van der Waals surface area contributed by atoms with Crippen LogP contribution in [0.1, 0.15) is 83.3 Å². The molecule has 1 atom stereocenters. The van der Waals surface area contributed by atoms with Crippen molar-refractivity contribution >= 4 is 0 Å². The van der Waals surface area contributed by atoms with Crippen molar-refractivity contribution in [1.29, 1.82) is 5.26 Å². The Morgan fingerprint density at radius 2 is 1.69 bits per heavy atom. The van der Waals surface area contributed by atoms with E-state index in [9.17, 15) is 5.26 Å². The molecule has 0 aliphatic heterocycles. The fraction of sp³-hybridized carbons (Fsp3) is 0.708. The van der Waals surface area contributed by atoms with Gasteiger partial charge in [-0.1, -0.05) is 82.7 Å². The second-order valence-electron chi connectivity index (χ2n) is 8.28. The van der Waals surface area contributed by atoms with Crippen molar-refractivity contribution in [2.24, 2.45) is 5.92 Å². The predicted octanol–water partition coefficient (Wildman–Crippen LogP) is 6.48. The number of rotatable bonds is 13. The largest absolute Gasteiger partial charge is 0.306 e. The van der Waals surface area contributed by atoms with Gasteiger partial charge < -0.3 is 4.90 Å². The van der Waals surface area contributed by atoms with Gasteiger partial charge in [0, 0.05) is 0 Å². The Morgan fingerprint density at radius 1 is 1.04 bits per heavy atom. The van der Waals surface area contributed by atoms with E-state index >= 15 is 0 Å². The number of nitrogens with zero attached hydrogens (tertiary/aromatic N) is 2. The second-order valence-corrected chi connectivity index (χ2v) is 8.28. The molecule has 26 heavy (non-hydrogen) atoms. The van der Waals surface area contributed by atoms with Crippen LogP contribution < -0.4 is 0 Å². The molecule has 0 saturated heterocycles. The monoisotopic (exact) mass is 356 g/mol. The third-order valence-electron chi connectivity index (χ3n) is 5.72. The molecule has 0 heterocycles. The van der Waals surface area contributed by atoms with Crippen molar-refractivity contribution in [2.75, 3.05) is 20.1 Å². The van der Waals surface area contributed by atoms with Gasteiger partial charge in [0.1, 0.15) is 0 Å². The van der Waals surface area contributed by atoms with Crippen LogP contribution in [0.5, 0.6) is 0 Å². The predicted molar refractivity (Wildman–Crippen MR) is 113 cm³/mol. The molecule has 2 heteroatoms. The first-order valence-electron chi connectivity index (χ1n) is 10.6. The summed E-state index contributed by atoms with van der Waals surface area (Å²) in [5.41, 5.74) is 2.06. The molecule has 0 saturated carbocycles. The fourth-order valence-electron chi connectivity index (χ4n) is 3.84. The Morgan fingerprint density at radius 3 is 2.31 bits per heavy atom. The van der Waals surface area contributed by atoms with Crippen molar-refractivity contribution in [2.45, 2.75) is 84.5 Å². The summed E-state index contributed by atoms with van der Waals surface area (Å²) in [4.78, 5) is 2.44. The maximum Gasteiger partial charge on any atom is 0.0845 e. The quantitative estimate of drug-likeness (QED) is 0.378. The van der Waals surface area contributed by atoms with Crippen molar-refractivity contribution < 1.29 is 0 Å². The lowest BCUT2D eigenvalue weighted by molar-refractivity contribution is 0.286. The first-order chi connectivity index (χ1) is 12.5. The van der Waals surface area contributed by atoms with Gasteiger partial charge in [0.05, 0.1) is 11.5 Å². The molecule has 0 fully saturated rings. The average Bonchev–Trinajstić information content (AvgIpc) is 2.61. The molecule has 0 aromatic heterocycles. The Kier molecular flexibility index (Phi) is 10.6. The van der Waals surface area contributed by atoms with Crippen LogP contribution in [0.2, 0.25) is 0 Å². The number of hydrogen-bond donors (Lipinski definition) is 0. The normalized spacial score (nSPS) is 13.8. The molecule has 0 N–H and O–H groups in total. The van der Waals surface area contributed by atoms with Crippen LogP contribution in [-0.4, -0.2) is 25.0 Å². The highest BCUT2D eigenvalue weighted by molar-refractivity contribution is 5.36. The van der Waals surface area contributed by atoms with Gasteiger partial charge in [-0.3, -0.25) is 0 Å². The highest BCUT2D eigenvalue weighted by atomic mass is 15.1. The number of unbranched alkanes of at least 4 members (excludes halogenated alkanes) is 5. The van der Waals surface area contributed by atoms with E-state index in [2.05, 4.69) is 70.0 Å². The van der Waals surface area contributed by atoms with E-state index in [1.165, 1.54) is 56.2 Å². The summed E-state index contributed by atoms with van der Waals surface area (Å²) in [5.74, 6) is 0.318. The first-order valence-corrected chi connectivity index (χ1v) is 10.6. The lowest BCUT2D eigenvalue weighted by atomic mass is 9.69. The summed E-state index contributed by atoms with van der Waals surface area (Å²) in [6, 6.07) is 11.2. The van der Waals surface area contributed by atoms with Crippen LogP contribution in [0.15, 0.2) is 24.3 Å². The summed E-state index contributed by atoms with van der Waals surface area (Å²) in [6.07, 6.45) is 10.1. The zero-order valence-corrected chi connectivity index (χ0v) is 17.9. The Labute approximate surface area is 162 Å². The van der Waals surface area contributed by atoms with Crippen molar-refractivity contribution in [3.63, 3.8) is 0 Å². The Hall–Kier alpha value is -1.33. The van der Waals surface area contributed by atoms with E-state index in [0.29, 0.717) is 5.92 Å². The molecule has 2 nitrogen and oxygen atoms in total.